The van der Waals surface area contributed by atoms with Gasteiger partial charge < -0.3 is 10.1 Å². The fourth-order valence-corrected chi connectivity index (χ4v) is 3.11. The van der Waals surface area contributed by atoms with Gasteiger partial charge in [-0.25, -0.2) is 0 Å². The lowest BCUT2D eigenvalue weighted by atomic mass is 10.1. The zero-order valence-electron chi connectivity index (χ0n) is 15.7. The van der Waals surface area contributed by atoms with Crippen LogP contribution in [0.2, 0.25) is 0 Å². The topological polar surface area (TPSA) is 75.7 Å². The van der Waals surface area contributed by atoms with Crippen molar-refractivity contribution in [3.63, 3.8) is 0 Å². The second-order valence-electron chi connectivity index (χ2n) is 6.69. The van der Waals surface area contributed by atoms with E-state index in [1.54, 1.807) is 36.4 Å². The minimum atomic E-state index is -0.377. The Kier molecular flexibility index (Phi) is 4.83. The van der Waals surface area contributed by atoms with Crippen LogP contribution in [0.4, 0.5) is 5.69 Å². The van der Waals surface area contributed by atoms with E-state index in [-0.39, 0.29) is 23.3 Å². The van der Waals surface area contributed by atoms with Crippen molar-refractivity contribution in [3.05, 3.63) is 95.1 Å². The lowest BCUT2D eigenvalue weighted by Crippen LogP contribution is -2.24. The number of ether oxygens (including phenoxy) is 1. The van der Waals surface area contributed by atoms with Crippen LogP contribution in [0.1, 0.15) is 36.6 Å². The van der Waals surface area contributed by atoms with Gasteiger partial charge >= 0.3 is 0 Å². The lowest BCUT2D eigenvalue weighted by molar-refractivity contribution is 0.0692. The Bertz CT molecular complexity index is 1110. The van der Waals surface area contributed by atoms with Crippen LogP contribution in [-0.4, -0.2) is 29.7 Å². The Morgan fingerprint density at radius 3 is 2.45 bits per heavy atom. The molecule has 1 aliphatic rings. The second kappa shape index (κ2) is 7.59. The summed E-state index contributed by atoms with van der Waals surface area (Å²) in [7, 11) is 1.43. The van der Waals surface area contributed by atoms with Gasteiger partial charge in [-0.2, -0.15) is 0 Å². The maximum Gasteiger partial charge on any atom is 0.261 e. The average Bonchev–Trinajstić information content (AvgIpc) is 2.97. The van der Waals surface area contributed by atoms with Crippen LogP contribution < -0.4 is 10.1 Å². The summed E-state index contributed by atoms with van der Waals surface area (Å²) in [4.78, 5) is 37.8. The predicted molar refractivity (Wildman–Crippen MR) is 108 cm³/mol. The van der Waals surface area contributed by atoms with Gasteiger partial charge in [-0.1, -0.05) is 36.4 Å². The third-order valence-electron chi connectivity index (χ3n) is 4.69. The van der Waals surface area contributed by atoms with E-state index in [4.69, 9.17) is 4.74 Å². The third-order valence-corrected chi connectivity index (χ3v) is 4.69. The molecule has 3 amide bonds. The molecule has 1 aliphatic heterocycles. The Balaban J connectivity index is 1.47. The molecule has 1 heterocycles. The van der Waals surface area contributed by atoms with E-state index in [1.807, 2.05) is 30.3 Å². The number of hydrogen-bond acceptors (Lipinski definition) is 4. The van der Waals surface area contributed by atoms with Crippen molar-refractivity contribution < 1.29 is 19.1 Å². The SMILES string of the molecule is CN1C(=O)c2ccc(NC(=O)c3cccc(OCc4ccccc4)c3)cc2C1=O. The fraction of sp³-hybridized carbons (Fsp3) is 0.0870. The first-order valence-electron chi connectivity index (χ1n) is 9.07. The molecule has 0 radical (unpaired) electrons. The van der Waals surface area contributed by atoms with E-state index < -0.39 is 0 Å². The molecule has 0 fully saturated rings. The zero-order valence-corrected chi connectivity index (χ0v) is 15.7. The summed E-state index contributed by atoms with van der Waals surface area (Å²) in [6, 6.07) is 21.3. The summed E-state index contributed by atoms with van der Waals surface area (Å²) in [6.07, 6.45) is 0. The van der Waals surface area contributed by atoms with Crippen molar-refractivity contribution in [2.24, 2.45) is 0 Å². The maximum absolute atomic E-state index is 12.6. The van der Waals surface area contributed by atoms with Crippen molar-refractivity contribution in [3.8, 4) is 5.75 Å². The number of nitrogens with one attached hydrogen (secondary N) is 1. The fourth-order valence-electron chi connectivity index (χ4n) is 3.11. The average molecular weight is 386 g/mol. The summed E-state index contributed by atoms with van der Waals surface area (Å²) in [5.74, 6) is -0.471. The molecule has 0 atom stereocenters. The Hall–Kier alpha value is -3.93. The van der Waals surface area contributed by atoms with E-state index in [1.165, 1.54) is 13.1 Å². The molecule has 0 unspecified atom stereocenters. The van der Waals surface area contributed by atoms with Crippen LogP contribution in [-0.2, 0) is 6.61 Å². The van der Waals surface area contributed by atoms with Crippen molar-refractivity contribution in [2.75, 3.05) is 12.4 Å². The largest absolute Gasteiger partial charge is 0.489 e. The van der Waals surface area contributed by atoms with Gasteiger partial charge in [0.05, 0.1) is 11.1 Å². The van der Waals surface area contributed by atoms with Gasteiger partial charge in [0.2, 0.25) is 0 Å². The van der Waals surface area contributed by atoms with Gasteiger partial charge in [0.15, 0.2) is 0 Å². The van der Waals surface area contributed by atoms with Crippen molar-refractivity contribution in [1.29, 1.82) is 0 Å². The Morgan fingerprint density at radius 2 is 1.66 bits per heavy atom. The van der Waals surface area contributed by atoms with Gasteiger partial charge in [-0.05, 0) is 42.0 Å². The second-order valence-corrected chi connectivity index (χ2v) is 6.69. The Labute approximate surface area is 167 Å². The lowest BCUT2D eigenvalue weighted by Gasteiger charge is -2.09. The van der Waals surface area contributed by atoms with E-state index in [0.29, 0.717) is 29.2 Å². The van der Waals surface area contributed by atoms with Gasteiger partial charge in [-0.3, -0.25) is 19.3 Å². The number of nitrogens with zero attached hydrogens (tertiary/aromatic N) is 1. The Morgan fingerprint density at radius 1 is 0.897 bits per heavy atom. The molecular weight excluding hydrogens is 368 g/mol. The molecule has 1 N–H and O–H groups in total. The maximum atomic E-state index is 12.6. The van der Waals surface area contributed by atoms with Crippen molar-refractivity contribution in [1.82, 2.24) is 4.90 Å². The van der Waals surface area contributed by atoms with Crippen LogP contribution >= 0.6 is 0 Å². The van der Waals surface area contributed by atoms with Gasteiger partial charge in [0.1, 0.15) is 12.4 Å². The highest BCUT2D eigenvalue weighted by atomic mass is 16.5. The number of carbonyl (C=O) groups is 3. The summed E-state index contributed by atoms with van der Waals surface area (Å²) < 4.78 is 5.76. The summed E-state index contributed by atoms with van der Waals surface area (Å²) >= 11 is 0. The molecule has 0 spiro atoms. The molecule has 0 aliphatic carbocycles. The molecule has 0 aromatic heterocycles. The van der Waals surface area contributed by atoms with E-state index in [9.17, 15) is 14.4 Å². The minimum absolute atomic E-state index is 0.287. The summed E-state index contributed by atoms with van der Waals surface area (Å²) in [5.41, 5.74) is 2.53. The molecule has 3 aromatic carbocycles. The first-order chi connectivity index (χ1) is 14.0. The highest BCUT2D eigenvalue weighted by Gasteiger charge is 2.32. The van der Waals surface area contributed by atoms with E-state index in [0.717, 1.165) is 10.5 Å². The number of anilines is 1. The van der Waals surface area contributed by atoms with Gasteiger partial charge in [0.25, 0.3) is 17.7 Å². The molecule has 0 saturated carbocycles. The number of rotatable bonds is 5. The highest BCUT2D eigenvalue weighted by Crippen LogP contribution is 2.25. The molecule has 0 saturated heterocycles. The molecule has 0 bridgehead atoms. The number of imide groups is 1. The van der Waals surface area contributed by atoms with E-state index in [2.05, 4.69) is 5.32 Å². The molecule has 6 nitrogen and oxygen atoms in total. The number of hydrogen-bond donors (Lipinski definition) is 1. The highest BCUT2D eigenvalue weighted by molar-refractivity contribution is 6.21. The van der Waals surface area contributed by atoms with Crippen molar-refractivity contribution >= 4 is 23.4 Å². The van der Waals surface area contributed by atoms with Crippen LogP contribution in [0.15, 0.2) is 72.8 Å². The quantitative estimate of drug-likeness (QED) is 0.678. The van der Waals surface area contributed by atoms with Crippen molar-refractivity contribution in [2.45, 2.75) is 6.61 Å². The molecule has 4 rings (SSSR count). The predicted octanol–water partition coefficient (Wildman–Crippen LogP) is 3.74. The van der Waals surface area contributed by atoms with E-state index >= 15 is 0 Å². The first kappa shape index (κ1) is 18.4. The standard InChI is InChI=1S/C23H18N2O4/c1-25-22(27)19-11-10-17(13-20(19)23(25)28)24-21(26)16-8-5-9-18(12-16)29-14-15-6-3-2-4-7-15/h2-13H,14H2,1H3,(H,24,26). The summed E-state index contributed by atoms with van der Waals surface area (Å²) in [6.45, 7) is 0.403. The third kappa shape index (κ3) is 3.73. The molecule has 29 heavy (non-hydrogen) atoms. The van der Waals surface area contributed by atoms with Crippen LogP contribution in [0, 0.1) is 0 Å². The molecule has 3 aromatic rings. The van der Waals surface area contributed by atoms with Crippen LogP contribution in [0.25, 0.3) is 0 Å². The zero-order chi connectivity index (χ0) is 20.4. The van der Waals surface area contributed by atoms with Crippen LogP contribution in [0.5, 0.6) is 5.75 Å². The number of carbonyl (C=O) groups excluding carboxylic acids is 3. The first-order valence-corrected chi connectivity index (χ1v) is 9.07. The molecule has 6 heteroatoms. The number of benzene rings is 3. The normalized spacial score (nSPS) is 12.7. The number of amides is 3. The molecular formula is C23H18N2O4. The smallest absolute Gasteiger partial charge is 0.261 e. The van der Waals surface area contributed by atoms with Gasteiger partial charge in [-0.15, -0.1) is 0 Å². The summed E-state index contributed by atoms with van der Waals surface area (Å²) in [5, 5.41) is 2.76. The minimum Gasteiger partial charge on any atom is -0.489 e. The van der Waals surface area contributed by atoms with Gasteiger partial charge in [0, 0.05) is 18.3 Å². The monoisotopic (exact) mass is 386 g/mol. The van der Waals surface area contributed by atoms with Crippen LogP contribution in [0.3, 0.4) is 0 Å². The molecule has 144 valence electrons. The number of fused-ring (bicyclic) bond motifs is 1.